The van der Waals surface area contributed by atoms with Gasteiger partial charge in [0.1, 0.15) is 5.82 Å². The first-order valence-corrected chi connectivity index (χ1v) is 18.6. The fourth-order valence-corrected chi connectivity index (χ4v) is 8.74. The summed E-state index contributed by atoms with van der Waals surface area (Å²) in [6, 6.07) is 7.23. The number of carbonyl (C=O) groups excluding carboxylic acids is 2. The minimum atomic E-state index is -3.13. The number of imidazole rings is 1. The molecule has 0 bridgehead atoms. The lowest BCUT2D eigenvalue weighted by atomic mass is 9.87. The van der Waals surface area contributed by atoms with Gasteiger partial charge in [0.25, 0.3) is 5.91 Å². The summed E-state index contributed by atoms with van der Waals surface area (Å²) in [7, 11) is 0.650. The molecule has 2 aliphatic rings. The number of halogens is 2. The maximum absolute atomic E-state index is 13.8. The van der Waals surface area contributed by atoms with Gasteiger partial charge in [-0.05, 0) is 67.3 Å². The molecule has 0 spiro atoms. The molecule has 46 heavy (non-hydrogen) atoms. The molecular weight excluding hydrogens is 645 g/mol. The number of fused-ring (bicyclic) bond motifs is 1. The summed E-state index contributed by atoms with van der Waals surface area (Å²) in [5.41, 5.74) is 3.54. The van der Waals surface area contributed by atoms with E-state index in [0.717, 1.165) is 36.8 Å². The fraction of sp³-hybridized carbons (Fsp3) is 0.559. The largest absolute Gasteiger partial charge is 0.370 e. The Morgan fingerprint density at radius 1 is 1.09 bits per heavy atom. The number of nitrogens with one attached hydrogen (secondary N) is 2. The highest BCUT2D eigenvalue weighted by Gasteiger charge is 2.33. The Bertz CT molecular complexity index is 1760. The van der Waals surface area contributed by atoms with Crippen molar-refractivity contribution in [1.29, 1.82) is 0 Å². The van der Waals surface area contributed by atoms with E-state index in [1.54, 1.807) is 6.07 Å². The van der Waals surface area contributed by atoms with Crippen molar-refractivity contribution < 1.29 is 18.0 Å². The lowest BCUT2D eigenvalue weighted by Crippen LogP contribution is -2.39. The first kappa shape index (κ1) is 34.5. The minimum absolute atomic E-state index is 0.0588. The van der Waals surface area contributed by atoms with Gasteiger partial charge in [0.05, 0.1) is 38.8 Å². The van der Waals surface area contributed by atoms with E-state index in [4.69, 9.17) is 28.2 Å². The number of benzene rings is 2. The van der Waals surface area contributed by atoms with Gasteiger partial charge in [-0.2, -0.15) is 0 Å². The maximum atomic E-state index is 13.8. The molecule has 1 aliphatic carbocycles. The van der Waals surface area contributed by atoms with E-state index in [9.17, 15) is 18.0 Å². The Kier molecular flexibility index (Phi) is 10.0. The lowest BCUT2D eigenvalue weighted by molar-refractivity contribution is -0.128. The molecule has 12 heteroatoms. The van der Waals surface area contributed by atoms with Crippen LogP contribution >= 0.6 is 23.2 Å². The van der Waals surface area contributed by atoms with Gasteiger partial charge in [-0.1, -0.05) is 57.0 Å². The molecule has 2 aromatic carbocycles. The Hall–Kier alpha value is -2.82. The van der Waals surface area contributed by atoms with Crippen molar-refractivity contribution in [3.8, 4) is 0 Å². The Morgan fingerprint density at radius 3 is 2.41 bits per heavy atom. The van der Waals surface area contributed by atoms with Gasteiger partial charge in [-0.25, -0.2) is 13.4 Å². The Morgan fingerprint density at radius 2 is 1.78 bits per heavy atom. The molecule has 2 heterocycles. The second-order valence-electron chi connectivity index (χ2n) is 14.2. The van der Waals surface area contributed by atoms with Crippen LogP contribution in [0.5, 0.6) is 0 Å². The number of aryl methyl sites for hydroxylation is 1. The SMILES string of the molecule is CC1CCC(NC(=O)c2cc3nc(Cc4c(Cl)ccc(CNC(=O)C(C)(C)C)c4Cl)n(C)c3cc2N(C)C2CCS(=O)(=O)C2)CC1. The number of carbonyl (C=O) groups is 2. The molecule has 250 valence electrons. The highest BCUT2D eigenvalue weighted by molar-refractivity contribution is 7.91. The van der Waals surface area contributed by atoms with Gasteiger partial charge >= 0.3 is 0 Å². The molecular formula is C34H45Cl2N5O4S. The molecule has 3 aromatic rings. The topological polar surface area (TPSA) is 113 Å². The molecule has 2 N–H and O–H groups in total. The summed E-state index contributed by atoms with van der Waals surface area (Å²) in [5.74, 6) is 1.31. The number of amides is 2. The number of nitrogens with zero attached hydrogens (tertiary/aromatic N) is 3. The summed E-state index contributed by atoms with van der Waals surface area (Å²) >= 11 is 13.5. The molecule has 5 rings (SSSR count). The van der Waals surface area contributed by atoms with Gasteiger partial charge in [-0.15, -0.1) is 0 Å². The highest BCUT2D eigenvalue weighted by atomic mass is 35.5. The monoisotopic (exact) mass is 689 g/mol. The predicted molar refractivity (Wildman–Crippen MR) is 186 cm³/mol. The molecule has 1 atom stereocenters. The van der Waals surface area contributed by atoms with Crippen LogP contribution in [-0.4, -0.2) is 60.4 Å². The number of anilines is 1. The van der Waals surface area contributed by atoms with Crippen molar-refractivity contribution in [2.24, 2.45) is 18.4 Å². The van der Waals surface area contributed by atoms with Gasteiger partial charge in [-0.3, -0.25) is 9.59 Å². The van der Waals surface area contributed by atoms with E-state index in [0.29, 0.717) is 57.0 Å². The van der Waals surface area contributed by atoms with E-state index >= 15 is 0 Å². The zero-order valence-corrected chi connectivity index (χ0v) is 29.9. The van der Waals surface area contributed by atoms with Gasteiger partial charge < -0.3 is 20.1 Å². The Balaban J connectivity index is 1.49. The van der Waals surface area contributed by atoms with Crippen LogP contribution in [0.2, 0.25) is 10.0 Å². The molecule has 1 saturated heterocycles. The van der Waals surface area contributed by atoms with Crippen molar-refractivity contribution in [2.45, 2.75) is 84.8 Å². The highest BCUT2D eigenvalue weighted by Crippen LogP contribution is 2.34. The van der Waals surface area contributed by atoms with E-state index < -0.39 is 15.3 Å². The molecule has 1 saturated carbocycles. The third-order valence-electron chi connectivity index (χ3n) is 9.54. The summed E-state index contributed by atoms with van der Waals surface area (Å²) in [5, 5.41) is 7.16. The zero-order valence-electron chi connectivity index (χ0n) is 27.5. The van der Waals surface area contributed by atoms with Gasteiger partial charge in [0.15, 0.2) is 9.84 Å². The first-order valence-electron chi connectivity index (χ1n) is 16.0. The number of aromatic nitrogens is 2. The quantitative estimate of drug-likeness (QED) is 0.297. The Labute approximate surface area is 282 Å². The molecule has 9 nitrogen and oxygen atoms in total. The third-order valence-corrected chi connectivity index (χ3v) is 12.1. The zero-order chi connectivity index (χ0) is 33.6. The first-order chi connectivity index (χ1) is 21.5. The second-order valence-corrected chi connectivity index (χ2v) is 17.2. The maximum Gasteiger partial charge on any atom is 0.253 e. The van der Waals surface area contributed by atoms with Crippen molar-refractivity contribution in [2.75, 3.05) is 23.5 Å². The van der Waals surface area contributed by atoms with Crippen LogP contribution in [0.1, 0.15) is 87.1 Å². The van der Waals surface area contributed by atoms with E-state index in [-0.39, 0.29) is 41.9 Å². The smallest absolute Gasteiger partial charge is 0.253 e. The minimum Gasteiger partial charge on any atom is -0.370 e. The number of hydrogen-bond donors (Lipinski definition) is 2. The van der Waals surface area contributed by atoms with E-state index in [2.05, 4.69) is 17.6 Å². The third kappa shape index (κ3) is 7.50. The standard InChI is InChI=1S/C34H45Cl2N5O4S/c1-20-7-10-22(11-8-20)38-32(42)25-15-27-29(17-28(25)40(5)23-13-14-46(44,45)19-23)41(6)30(39-27)16-24-26(35)12-9-21(31(24)36)18-37-33(43)34(2,3)4/h9,12,15,17,20,22-23H,7-8,10-11,13-14,16,18-19H2,1-6H3,(H,37,43)(H,38,42). The normalized spacial score (nSPS) is 21.3. The summed E-state index contributed by atoms with van der Waals surface area (Å²) in [4.78, 5) is 33.2. The molecule has 2 fully saturated rings. The molecule has 2 amide bonds. The predicted octanol–water partition coefficient (Wildman–Crippen LogP) is 6.07. The molecule has 0 radical (unpaired) electrons. The van der Waals surface area contributed by atoms with Crippen molar-refractivity contribution >= 4 is 61.6 Å². The summed E-state index contributed by atoms with van der Waals surface area (Å²) in [6.07, 6.45) is 4.88. The second kappa shape index (κ2) is 13.4. The number of hydrogen-bond acceptors (Lipinski definition) is 6. The van der Waals surface area contributed by atoms with Gasteiger partial charge in [0, 0.05) is 49.6 Å². The molecule has 1 aliphatic heterocycles. The van der Waals surface area contributed by atoms with Crippen LogP contribution in [0, 0.1) is 11.3 Å². The lowest BCUT2D eigenvalue weighted by Gasteiger charge is -2.30. The van der Waals surface area contributed by atoms with Crippen LogP contribution in [0.3, 0.4) is 0 Å². The molecule has 1 aromatic heterocycles. The van der Waals surface area contributed by atoms with Crippen LogP contribution in [0.25, 0.3) is 11.0 Å². The summed E-state index contributed by atoms with van der Waals surface area (Å²) < 4.78 is 26.7. The number of sulfone groups is 1. The summed E-state index contributed by atoms with van der Waals surface area (Å²) in [6.45, 7) is 8.08. The van der Waals surface area contributed by atoms with Crippen molar-refractivity contribution in [3.63, 3.8) is 0 Å². The van der Waals surface area contributed by atoms with Crippen molar-refractivity contribution in [1.82, 2.24) is 20.2 Å². The van der Waals surface area contributed by atoms with Crippen LogP contribution in [0.4, 0.5) is 5.69 Å². The van der Waals surface area contributed by atoms with Gasteiger partial charge in [0.2, 0.25) is 5.91 Å². The molecule has 1 unspecified atom stereocenters. The van der Waals surface area contributed by atoms with E-state index in [1.807, 2.05) is 62.5 Å². The van der Waals surface area contributed by atoms with Crippen LogP contribution in [0.15, 0.2) is 24.3 Å². The fourth-order valence-electron chi connectivity index (χ4n) is 6.40. The average Bonchev–Trinajstić information content (AvgIpc) is 3.51. The van der Waals surface area contributed by atoms with Crippen LogP contribution < -0.4 is 15.5 Å². The van der Waals surface area contributed by atoms with Crippen molar-refractivity contribution in [3.05, 3.63) is 56.8 Å². The number of rotatable bonds is 8. The van der Waals surface area contributed by atoms with E-state index in [1.165, 1.54) is 0 Å². The van der Waals surface area contributed by atoms with Crippen LogP contribution in [-0.2, 0) is 34.6 Å². The average molecular weight is 691 g/mol.